The molecule has 90 valence electrons. The number of carboxylic acid groups (broad SMARTS) is 1. The molecule has 0 bridgehead atoms. The van der Waals surface area contributed by atoms with Crippen LogP contribution in [0.4, 0.5) is 0 Å². The van der Waals surface area contributed by atoms with Crippen LogP contribution in [0.5, 0.6) is 5.88 Å². The number of aryl methyl sites for hydroxylation is 2. The van der Waals surface area contributed by atoms with Gasteiger partial charge in [-0.15, -0.1) is 0 Å². The molecule has 0 spiro atoms. The second-order valence-corrected chi connectivity index (χ2v) is 3.47. The Labute approximate surface area is 96.6 Å². The largest absolute Gasteiger partial charge is 0.481 e. The van der Waals surface area contributed by atoms with Gasteiger partial charge in [0.05, 0.1) is 18.4 Å². The summed E-state index contributed by atoms with van der Waals surface area (Å²) in [6.45, 7) is 1.78. The van der Waals surface area contributed by atoms with Crippen LogP contribution in [0.2, 0.25) is 0 Å². The average Bonchev–Trinajstić information content (AvgIpc) is 2.82. The predicted molar refractivity (Wildman–Crippen MR) is 57.0 cm³/mol. The maximum Gasteiger partial charge on any atom is 0.374 e. The maximum absolute atomic E-state index is 10.7. The van der Waals surface area contributed by atoms with Crippen LogP contribution in [0.1, 0.15) is 16.2 Å². The third-order valence-electron chi connectivity index (χ3n) is 2.34. The minimum absolute atomic E-state index is 0.217. The molecule has 0 aliphatic rings. The van der Waals surface area contributed by atoms with Crippen LogP contribution in [0, 0.1) is 6.92 Å². The molecule has 0 atom stereocenters. The molecule has 2 aromatic heterocycles. The van der Waals surface area contributed by atoms with Crippen LogP contribution in [-0.4, -0.2) is 33.1 Å². The molecular formula is C10H11N3O4. The number of nitrogens with zero attached hydrogens (tertiary/aromatic N) is 3. The van der Waals surface area contributed by atoms with Gasteiger partial charge >= 0.3 is 5.97 Å². The van der Waals surface area contributed by atoms with Gasteiger partial charge in [0.1, 0.15) is 5.69 Å². The van der Waals surface area contributed by atoms with Gasteiger partial charge < -0.3 is 14.4 Å². The van der Waals surface area contributed by atoms with Crippen LogP contribution in [0.3, 0.4) is 0 Å². The summed E-state index contributed by atoms with van der Waals surface area (Å²) in [7, 11) is 3.24. The van der Waals surface area contributed by atoms with E-state index < -0.39 is 5.97 Å². The highest BCUT2D eigenvalue weighted by molar-refractivity contribution is 5.86. The van der Waals surface area contributed by atoms with E-state index in [0.717, 1.165) is 0 Å². The fourth-order valence-corrected chi connectivity index (χ4v) is 1.66. The Morgan fingerprint density at radius 3 is 2.82 bits per heavy atom. The summed E-state index contributed by atoms with van der Waals surface area (Å²) in [6.07, 6.45) is 0. The fourth-order valence-electron chi connectivity index (χ4n) is 1.66. The van der Waals surface area contributed by atoms with Crippen molar-refractivity contribution in [3.05, 3.63) is 17.5 Å². The van der Waals surface area contributed by atoms with Crippen molar-refractivity contribution in [1.82, 2.24) is 14.9 Å². The van der Waals surface area contributed by atoms with E-state index in [0.29, 0.717) is 22.8 Å². The van der Waals surface area contributed by atoms with Gasteiger partial charge in [-0.05, 0) is 6.92 Å². The van der Waals surface area contributed by atoms with Crippen LogP contribution >= 0.6 is 0 Å². The lowest BCUT2D eigenvalue weighted by atomic mass is 10.2. The molecular weight excluding hydrogens is 226 g/mol. The molecule has 0 aliphatic heterocycles. The predicted octanol–water partition coefficient (Wildman–Crippen LogP) is 1.09. The quantitative estimate of drug-likeness (QED) is 0.859. The first-order chi connectivity index (χ1) is 8.04. The number of hydrogen-bond acceptors (Lipinski definition) is 5. The lowest BCUT2D eigenvalue weighted by Crippen LogP contribution is -1.95. The normalized spacial score (nSPS) is 10.5. The highest BCUT2D eigenvalue weighted by atomic mass is 16.5. The van der Waals surface area contributed by atoms with Crippen molar-refractivity contribution in [2.45, 2.75) is 6.92 Å². The van der Waals surface area contributed by atoms with E-state index >= 15 is 0 Å². The van der Waals surface area contributed by atoms with Crippen molar-refractivity contribution < 1.29 is 19.2 Å². The van der Waals surface area contributed by atoms with Gasteiger partial charge in [-0.2, -0.15) is 5.10 Å². The zero-order valence-electron chi connectivity index (χ0n) is 9.59. The third-order valence-corrected chi connectivity index (χ3v) is 2.34. The highest BCUT2D eigenvalue weighted by Gasteiger charge is 2.21. The number of aromatic nitrogens is 3. The lowest BCUT2D eigenvalue weighted by Gasteiger charge is -2.01. The first kappa shape index (κ1) is 11.2. The van der Waals surface area contributed by atoms with Gasteiger partial charge in [-0.25, -0.2) is 9.48 Å². The summed E-state index contributed by atoms with van der Waals surface area (Å²) in [5.74, 6) is -0.873. The molecule has 17 heavy (non-hydrogen) atoms. The molecule has 0 unspecified atom stereocenters. The molecule has 0 fully saturated rings. The maximum atomic E-state index is 10.7. The van der Waals surface area contributed by atoms with Crippen molar-refractivity contribution in [2.75, 3.05) is 7.11 Å². The zero-order valence-corrected chi connectivity index (χ0v) is 9.59. The Morgan fingerprint density at radius 1 is 1.59 bits per heavy atom. The molecule has 2 heterocycles. The number of aromatic carboxylic acids is 1. The van der Waals surface area contributed by atoms with Crippen LogP contribution in [0.25, 0.3) is 11.3 Å². The summed E-state index contributed by atoms with van der Waals surface area (Å²) >= 11 is 0. The van der Waals surface area contributed by atoms with E-state index in [1.54, 1.807) is 18.7 Å². The topological polar surface area (TPSA) is 90.4 Å². The Bertz CT molecular complexity index is 570. The molecule has 0 aliphatic carbocycles. The van der Waals surface area contributed by atoms with E-state index in [-0.39, 0.29) is 5.76 Å². The molecule has 0 radical (unpaired) electrons. The van der Waals surface area contributed by atoms with Crippen molar-refractivity contribution in [3.8, 4) is 17.1 Å². The number of hydrogen-bond donors (Lipinski definition) is 1. The number of carbonyl (C=O) groups is 1. The van der Waals surface area contributed by atoms with Crippen molar-refractivity contribution in [2.24, 2.45) is 7.05 Å². The fraction of sp³-hybridized carbons (Fsp3) is 0.300. The van der Waals surface area contributed by atoms with E-state index in [1.165, 1.54) is 13.2 Å². The summed E-state index contributed by atoms with van der Waals surface area (Å²) in [4.78, 5) is 10.7. The number of ether oxygens (including phenoxy) is 1. The molecule has 0 saturated heterocycles. The monoisotopic (exact) mass is 237 g/mol. The van der Waals surface area contributed by atoms with Crippen molar-refractivity contribution in [3.63, 3.8) is 0 Å². The molecule has 2 aromatic rings. The second kappa shape index (κ2) is 3.93. The number of methoxy groups -OCH3 is 1. The molecule has 1 N–H and O–H groups in total. The average molecular weight is 237 g/mol. The number of carboxylic acids is 1. The Balaban J connectivity index is 2.55. The van der Waals surface area contributed by atoms with E-state index in [1.807, 2.05) is 0 Å². The minimum atomic E-state index is -1.16. The van der Waals surface area contributed by atoms with Crippen molar-refractivity contribution >= 4 is 5.97 Å². The standard InChI is InChI=1S/C10H11N3O4/c1-5-8(9(16-3)13(2)11-5)6-4-7(10(14)15)17-12-6/h4H,1-3H3,(H,14,15). The molecule has 0 amide bonds. The molecule has 7 heteroatoms. The third kappa shape index (κ3) is 1.75. The van der Waals surface area contributed by atoms with Crippen LogP contribution < -0.4 is 4.74 Å². The minimum Gasteiger partial charge on any atom is -0.481 e. The van der Waals surface area contributed by atoms with Crippen LogP contribution in [0.15, 0.2) is 10.6 Å². The first-order valence-corrected chi connectivity index (χ1v) is 4.82. The van der Waals surface area contributed by atoms with E-state index in [9.17, 15) is 4.79 Å². The molecule has 2 rings (SSSR count). The second-order valence-electron chi connectivity index (χ2n) is 3.47. The van der Waals surface area contributed by atoms with Crippen molar-refractivity contribution in [1.29, 1.82) is 0 Å². The summed E-state index contributed by atoms with van der Waals surface area (Å²) in [5.41, 5.74) is 1.71. The highest BCUT2D eigenvalue weighted by Crippen LogP contribution is 2.31. The first-order valence-electron chi connectivity index (χ1n) is 4.82. The summed E-state index contributed by atoms with van der Waals surface area (Å²) in [5, 5.41) is 16.6. The van der Waals surface area contributed by atoms with E-state index in [4.69, 9.17) is 14.4 Å². The Kier molecular flexibility index (Phi) is 2.58. The Morgan fingerprint density at radius 2 is 2.29 bits per heavy atom. The van der Waals surface area contributed by atoms with Gasteiger partial charge in [-0.3, -0.25) is 0 Å². The van der Waals surface area contributed by atoms with Gasteiger partial charge in [-0.1, -0.05) is 5.16 Å². The SMILES string of the molecule is COc1c(-c2cc(C(=O)O)on2)c(C)nn1C. The van der Waals surface area contributed by atoms with Crippen LogP contribution in [-0.2, 0) is 7.05 Å². The van der Waals surface area contributed by atoms with Gasteiger partial charge in [0.25, 0.3) is 0 Å². The Hall–Kier alpha value is -2.31. The van der Waals surface area contributed by atoms with E-state index in [2.05, 4.69) is 10.3 Å². The molecule has 0 aromatic carbocycles. The summed E-state index contributed by atoms with van der Waals surface area (Å²) in [6, 6.07) is 1.34. The summed E-state index contributed by atoms with van der Waals surface area (Å²) < 4.78 is 11.4. The van der Waals surface area contributed by atoms with Gasteiger partial charge in [0.15, 0.2) is 0 Å². The molecule has 7 nitrogen and oxygen atoms in total. The number of rotatable bonds is 3. The van der Waals surface area contributed by atoms with Gasteiger partial charge in [0, 0.05) is 13.1 Å². The lowest BCUT2D eigenvalue weighted by molar-refractivity contribution is 0.0652. The smallest absolute Gasteiger partial charge is 0.374 e. The zero-order chi connectivity index (χ0) is 12.6. The molecule has 0 saturated carbocycles. The van der Waals surface area contributed by atoms with Gasteiger partial charge in [0.2, 0.25) is 11.6 Å².